The van der Waals surface area contributed by atoms with Crippen molar-refractivity contribution in [2.75, 3.05) is 13.1 Å². The van der Waals surface area contributed by atoms with Gasteiger partial charge in [0.15, 0.2) is 5.82 Å². The first kappa shape index (κ1) is 22.5. The first-order valence-corrected chi connectivity index (χ1v) is 11.7. The van der Waals surface area contributed by atoms with Crippen LogP contribution in [0.5, 0.6) is 0 Å². The number of halogens is 3. The Bertz CT molecular complexity index is 1290. The number of aromatic nitrogens is 3. The van der Waals surface area contributed by atoms with E-state index in [1.165, 1.54) is 35.0 Å². The standard InChI is InChI=1S/C21H20ClF2N5O2S/c22-17-11-15(23)5-4-14(17)10-21-26-20(13-28-8-2-1-3-9-28)27-29(21)19-7-6-16(12-18(19)24)32(25,30)31/h1-2,4-7,11-12H,3,8-10,13H2,(H2,25,30,31). The van der Waals surface area contributed by atoms with Crippen LogP contribution in [0.3, 0.4) is 0 Å². The van der Waals surface area contributed by atoms with E-state index in [2.05, 4.69) is 27.1 Å². The van der Waals surface area contributed by atoms with E-state index in [9.17, 15) is 17.2 Å². The van der Waals surface area contributed by atoms with Crippen LogP contribution in [-0.4, -0.2) is 41.2 Å². The van der Waals surface area contributed by atoms with Crippen molar-refractivity contribution < 1.29 is 17.2 Å². The SMILES string of the molecule is NS(=O)(=O)c1ccc(-n2nc(CN3CC=CCC3)nc2Cc2ccc(F)cc2Cl)c(F)c1. The van der Waals surface area contributed by atoms with Gasteiger partial charge in [-0.2, -0.15) is 0 Å². The van der Waals surface area contributed by atoms with Gasteiger partial charge in [-0.25, -0.2) is 32.0 Å². The van der Waals surface area contributed by atoms with Crippen molar-refractivity contribution in [2.24, 2.45) is 5.14 Å². The van der Waals surface area contributed by atoms with E-state index in [-0.39, 0.29) is 22.0 Å². The van der Waals surface area contributed by atoms with E-state index < -0.39 is 21.7 Å². The second-order valence-electron chi connectivity index (χ2n) is 7.42. The number of hydrogen-bond acceptors (Lipinski definition) is 5. The molecule has 7 nitrogen and oxygen atoms in total. The maximum absolute atomic E-state index is 14.9. The molecule has 0 bridgehead atoms. The molecule has 0 atom stereocenters. The van der Waals surface area contributed by atoms with Gasteiger partial charge in [0.25, 0.3) is 0 Å². The van der Waals surface area contributed by atoms with Gasteiger partial charge in [-0.1, -0.05) is 29.8 Å². The number of sulfonamides is 1. The second kappa shape index (κ2) is 9.07. The molecule has 0 unspecified atom stereocenters. The second-order valence-corrected chi connectivity index (χ2v) is 9.39. The molecule has 0 aliphatic carbocycles. The van der Waals surface area contributed by atoms with Gasteiger partial charge in [-0.05, 0) is 42.3 Å². The van der Waals surface area contributed by atoms with E-state index in [1.54, 1.807) is 0 Å². The maximum atomic E-state index is 14.9. The largest absolute Gasteiger partial charge is 0.292 e. The lowest BCUT2D eigenvalue weighted by atomic mass is 10.1. The van der Waals surface area contributed by atoms with E-state index in [0.717, 1.165) is 25.6 Å². The third-order valence-electron chi connectivity index (χ3n) is 5.06. The zero-order valence-electron chi connectivity index (χ0n) is 16.9. The van der Waals surface area contributed by atoms with Crippen LogP contribution in [0, 0.1) is 11.6 Å². The lowest BCUT2D eigenvalue weighted by Crippen LogP contribution is -2.27. The van der Waals surface area contributed by atoms with Gasteiger partial charge in [0.1, 0.15) is 23.1 Å². The van der Waals surface area contributed by atoms with Gasteiger partial charge in [-0.15, -0.1) is 5.10 Å². The summed E-state index contributed by atoms with van der Waals surface area (Å²) in [4.78, 5) is 6.38. The first-order valence-electron chi connectivity index (χ1n) is 9.79. The monoisotopic (exact) mass is 479 g/mol. The van der Waals surface area contributed by atoms with Crippen LogP contribution >= 0.6 is 11.6 Å². The molecule has 1 aliphatic rings. The molecule has 2 N–H and O–H groups in total. The molecule has 1 aliphatic heterocycles. The molecule has 2 heterocycles. The smallest absolute Gasteiger partial charge is 0.238 e. The highest BCUT2D eigenvalue weighted by molar-refractivity contribution is 7.89. The summed E-state index contributed by atoms with van der Waals surface area (Å²) in [7, 11) is -4.06. The molecule has 0 fully saturated rings. The molecule has 168 valence electrons. The predicted molar refractivity (Wildman–Crippen MR) is 116 cm³/mol. The Morgan fingerprint density at radius 3 is 2.59 bits per heavy atom. The fraction of sp³-hybridized carbons (Fsp3) is 0.238. The van der Waals surface area contributed by atoms with Crippen molar-refractivity contribution in [2.45, 2.75) is 24.3 Å². The third-order valence-corrected chi connectivity index (χ3v) is 6.33. The minimum Gasteiger partial charge on any atom is -0.292 e. The van der Waals surface area contributed by atoms with Crippen LogP contribution in [0.15, 0.2) is 53.4 Å². The Balaban J connectivity index is 1.74. The highest BCUT2D eigenvalue weighted by Crippen LogP contribution is 2.24. The fourth-order valence-electron chi connectivity index (χ4n) is 3.47. The fourth-order valence-corrected chi connectivity index (χ4v) is 4.23. The lowest BCUT2D eigenvalue weighted by molar-refractivity contribution is 0.283. The number of primary sulfonamides is 1. The number of hydrogen-bond donors (Lipinski definition) is 1. The molecule has 0 spiro atoms. The molecule has 4 rings (SSSR count). The molecular weight excluding hydrogens is 460 g/mol. The average Bonchev–Trinajstić information content (AvgIpc) is 3.12. The molecule has 0 saturated carbocycles. The summed E-state index contributed by atoms with van der Waals surface area (Å²) in [6, 6.07) is 7.35. The summed E-state index contributed by atoms with van der Waals surface area (Å²) in [5.74, 6) is -0.434. The van der Waals surface area contributed by atoms with Gasteiger partial charge >= 0.3 is 0 Å². The summed E-state index contributed by atoms with van der Waals surface area (Å²) in [5.41, 5.74) is 0.610. The van der Waals surface area contributed by atoms with Crippen LogP contribution in [-0.2, 0) is 23.0 Å². The summed E-state index contributed by atoms with van der Waals surface area (Å²) in [6.45, 7) is 2.06. The zero-order chi connectivity index (χ0) is 22.9. The Kier molecular flexibility index (Phi) is 6.38. The molecular formula is C21H20ClF2N5O2S. The van der Waals surface area contributed by atoms with Crippen LogP contribution in [0.2, 0.25) is 5.02 Å². The number of nitrogens with zero attached hydrogens (tertiary/aromatic N) is 4. The zero-order valence-corrected chi connectivity index (χ0v) is 18.5. The Morgan fingerprint density at radius 1 is 1.12 bits per heavy atom. The van der Waals surface area contributed by atoms with Crippen molar-refractivity contribution in [3.05, 3.63) is 82.4 Å². The normalized spacial score (nSPS) is 14.8. The highest BCUT2D eigenvalue weighted by Gasteiger charge is 2.20. The molecule has 3 aromatic rings. The van der Waals surface area contributed by atoms with Crippen LogP contribution in [0.4, 0.5) is 8.78 Å². The van der Waals surface area contributed by atoms with Crippen molar-refractivity contribution in [1.29, 1.82) is 0 Å². The van der Waals surface area contributed by atoms with Gasteiger partial charge in [0.05, 0.1) is 11.4 Å². The number of rotatable bonds is 6. The van der Waals surface area contributed by atoms with Gasteiger partial charge in [-0.3, -0.25) is 4.90 Å². The van der Waals surface area contributed by atoms with E-state index in [1.807, 2.05) is 0 Å². The number of nitrogens with two attached hydrogens (primary N) is 1. The quantitative estimate of drug-likeness (QED) is 0.548. The summed E-state index contributed by atoms with van der Waals surface area (Å²) in [6.07, 6.45) is 5.25. The molecule has 0 saturated heterocycles. The van der Waals surface area contributed by atoms with Crippen molar-refractivity contribution in [1.82, 2.24) is 19.7 Å². The molecule has 1 aromatic heterocycles. The lowest BCUT2D eigenvalue weighted by Gasteiger charge is -2.20. The topological polar surface area (TPSA) is 94.1 Å². The van der Waals surface area contributed by atoms with Crippen LogP contribution in [0.25, 0.3) is 5.69 Å². The van der Waals surface area contributed by atoms with Crippen molar-refractivity contribution >= 4 is 21.6 Å². The molecule has 0 radical (unpaired) electrons. The van der Waals surface area contributed by atoms with Crippen molar-refractivity contribution in [3.63, 3.8) is 0 Å². The number of benzene rings is 2. The molecule has 0 amide bonds. The van der Waals surface area contributed by atoms with E-state index in [4.69, 9.17) is 16.7 Å². The van der Waals surface area contributed by atoms with Gasteiger partial charge < -0.3 is 0 Å². The average molecular weight is 480 g/mol. The Hall–Kier alpha value is -2.66. The Labute approximate surface area is 189 Å². The van der Waals surface area contributed by atoms with Gasteiger partial charge in [0, 0.05) is 24.5 Å². The molecule has 2 aromatic carbocycles. The van der Waals surface area contributed by atoms with Crippen LogP contribution < -0.4 is 5.14 Å². The minimum atomic E-state index is -4.06. The summed E-state index contributed by atoms with van der Waals surface area (Å²) in [5, 5.41) is 9.79. The van der Waals surface area contributed by atoms with Gasteiger partial charge in [0.2, 0.25) is 10.0 Å². The minimum absolute atomic E-state index is 0.0166. The summed E-state index contributed by atoms with van der Waals surface area (Å²) < 4.78 is 52.7. The maximum Gasteiger partial charge on any atom is 0.238 e. The molecule has 11 heteroatoms. The Morgan fingerprint density at radius 2 is 1.94 bits per heavy atom. The molecule has 32 heavy (non-hydrogen) atoms. The first-order chi connectivity index (χ1) is 15.2. The van der Waals surface area contributed by atoms with Crippen molar-refractivity contribution in [3.8, 4) is 5.69 Å². The van der Waals surface area contributed by atoms with E-state index in [0.29, 0.717) is 23.8 Å². The van der Waals surface area contributed by atoms with Crippen LogP contribution in [0.1, 0.15) is 23.6 Å². The highest BCUT2D eigenvalue weighted by atomic mass is 35.5. The van der Waals surface area contributed by atoms with E-state index >= 15 is 0 Å². The third kappa shape index (κ3) is 5.04. The predicted octanol–water partition coefficient (Wildman–Crippen LogP) is 3.20. The summed E-state index contributed by atoms with van der Waals surface area (Å²) >= 11 is 6.17.